The Hall–Kier alpha value is -2.33. The summed E-state index contributed by atoms with van der Waals surface area (Å²) in [5.74, 6) is 0.0421. The Balaban J connectivity index is 2.05. The molecule has 2 aromatic carbocycles. The summed E-state index contributed by atoms with van der Waals surface area (Å²) in [7, 11) is 0. The highest BCUT2D eigenvalue weighted by Crippen LogP contribution is 2.42. The Morgan fingerprint density at radius 3 is 2.43 bits per heavy atom. The van der Waals surface area contributed by atoms with Crippen LogP contribution in [0.2, 0.25) is 0 Å². The number of rotatable bonds is 3. The first-order valence-electron chi connectivity index (χ1n) is 7.94. The minimum Gasteiger partial charge on any atom is -0.394 e. The predicted molar refractivity (Wildman–Crippen MR) is 92.4 cm³/mol. The van der Waals surface area contributed by atoms with Gasteiger partial charge in [0.2, 0.25) is 5.91 Å². The Morgan fingerprint density at radius 2 is 1.78 bits per heavy atom. The smallest absolute Gasteiger partial charge is 0.224 e. The van der Waals surface area contributed by atoms with E-state index in [0.29, 0.717) is 0 Å². The molecule has 2 aromatic rings. The first-order valence-corrected chi connectivity index (χ1v) is 7.94. The van der Waals surface area contributed by atoms with E-state index < -0.39 is 0 Å². The third kappa shape index (κ3) is 2.82. The molecule has 0 aromatic heterocycles. The molecule has 2 N–H and O–H groups in total. The predicted octanol–water partition coefficient (Wildman–Crippen LogP) is 3.20. The fourth-order valence-electron chi connectivity index (χ4n) is 3.46. The highest BCUT2D eigenvalue weighted by molar-refractivity contribution is 5.94. The molecular weight excluding hydrogens is 288 g/mol. The van der Waals surface area contributed by atoms with Crippen LogP contribution in [-0.4, -0.2) is 23.7 Å². The Morgan fingerprint density at radius 1 is 1.13 bits per heavy atom. The lowest BCUT2D eigenvalue weighted by Gasteiger charge is -2.44. The highest BCUT2D eigenvalue weighted by Gasteiger charge is 2.39. The van der Waals surface area contributed by atoms with Gasteiger partial charge in [-0.05, 0) is 23.8 Å². The van der Waals surface area contributed by atoms with Crippen molar-refractivity contribution < 1.29 is 9.90 Å². The second-order valence-corrected chi connectivity index (χ2v) is 6.04. The fraction of sp³-hybridized carbons (Fsp3) is 0.316. The zero-order chi connectivity index (χ0) is 16.4. The lowest BCUT2D eigenvalue weighted by Crippen LogP contribution is -2.51. The molecule has 0 aliphatic carbocycles. The maximum atomic E-state index is 12.1. The van der Waals surface area contributed by atoms with Crippen LogP contribution in [0, 0.1) is 5.92 Å². The molecule has 0 bridgehead atoms. The van der Waals surface area contributed by atoms with Gasteiger partial charge in [-0.3, -0.25) is 4.79 Å². The van der Waals surface area contributed by atoms with Gasteiger partial charge in [-0.2, -0.15) is 0 Å². The van der Waals surface area contributed by atoms with E-state index in [0.717, 1.165) is 16.9 Å². The first kappa shape index (κ1) is 15.6. The lowest BCUT2D eigenvalue weighted by atomic mass is 9.82. The van der Waals surface area contributed by atoms with Crippen molar-refractivity contribution in [3.05, 3.63) is 60.2 Å². The van der Waals surface area contributed by atoms with E-state index in [-0.39, 0.29) is 30.5 Å². The number of nitrogens with zero attached hydrogens (tertiary/aromatic N) is 1. The van der Waals surface area contributed by atoms with Crippen LogP contribution in [0.3, 0.4) is 0 Å². The van der Waals surface area contributed by atoms with Crippen LogP contribution in [-0.2, 0) is 4.79 Å². The quantitative estimate of drug-likeness (QED) is 0.915. The molecule has 0 fully saturated rings. The molecule has 120 valence electrons. The largest absolute Gasteiger partial charge is 0.394 e. The highest BCUT2D eigenvalue weighted by atomic mass is 16.3. The van der Waals surface area contributed by atoms with E-state index in [4.69, 9.17) is 0 Å². The van der Waals surface area contributed by atoms with Crippen LogP contribution in [0.25, 0.3) is 0 Å². The van der Waals surface area contributed by atoms with Crippen LogP contribution in [0.15, 0.2) is 54.6 Å². The number of para-hydroxylation sites is 2. The number of aliphatic hydroxyl groups is 1. The molecular formula is C19H22N2O2. The maximum Gasteiger partial charge on any atom is 0.224 e. The van der Waals surface area contributed by atoms with Crippen molar-refractivity contribution in [2.75, 3.05) is 16.8 Å². The monoisotopic (exact) mass is 310 g/mol. The minimum absolute atomic E-state index is 0.0403. The van der Waals surface area contributed by atoms with Gasteiger partial charge in [0.05, 0.1) is 18.7 Å². The van der Waals surface area contributed by atoms with Crippen LogP contribution in [0.5, 0.6) is 0 Å². The molecule has 1 amide bonds. The zero-order valence-electron chi connectivity index (χ0n) is 13.4. The van der Waals surface area contributed by atoms with E-state index in [2.05, 4.69) is 18.3 Å². The Bertz CT molecular complexity index is 687. The second-order valence-electron chi connectivity index (χ2n) is 6.04. The average Bonchev–Trinajstić information content (AvgIpc) is 2.57. The lowest BCUT2D eigenvalue weighted by molar-refractivity contribution is -0.117. The molecule has 4 heteroatoms. The van der Waals surface area contributed by atoms with Gasteiger partial charge in [0, 0.05) is 24.2 Å². The van der Waals surface area contributed by atoms with Gasteiger partial charge < -0.3 is 15.3 Å². The molecule has 4 nitrogen and oxygen atoms in total. The summed E-state index contributed by atoms with van der Waals surface area (Å²) in [6.45, 7) is 3.58. The molecule has 3 rings (SSSR count). The molecule has 1 heterocycles. The molecule has 0 radical (unpaired) electrons. The number of hydrogen-bond acceptors (Lipinski definition) is 3. The number of aliphatic hydroxyl groups excluding tert-OH is 1. The second kappa shape index (κ2) is 6.42. The van der Waals surface area contributed by atoms with Gasteiger partial charge in [-0.25, -0.2) is 0 Å². The number of carbonyl (C=O) groups is 1. The zero-order valence-corrected chi connectivity index (χ0v) is 13.4. The van der Waals surface area contributed by atoms with E-state index in [1.54, 1.807) is 11.8 Å². The van der Waals surface area contributed by atoms with E-state index in [9.17, 15) is 9.90 Å². The molecule has 0 spiro atoms. The maximum absolute atomic E-state index is 12.1. The first-order chi connectivity index (χ1) is 11.1. The van der Waals surface area contributed by atoms with Crippen molar-refractivity contribution in [2.45, 2.75) is 25.9 Å². The number of carbonyl (C=O) groups excluding carboxylic acids is 1. The number of fused-ring (bicyclic) bond motifs is 1. The summed E-state index contributed by atoms with van der Waals surface area (Å²) in [5, 5.41) is 13.4. The molecule has 23 heavy (non-hydrogen) atoms. The minimum atomic E-state index is -0.233. The Labute approximate surface area is 136 Å². The van der Waals surface area contributed by atoms with Gasteiger partial charge in [0.25, 0.3) is 0 Å². The van der Waals surface area contributed by atoms with Crippen LogP contribution < -0.4 is 10.2 Å². The molecule has 0 saturated carbocycles. The van der Waals surface area contributed by atoms with Gasteiger partial charge in [-0.1, -0.05) is 43.3 Å². The van der Waals surface area contributed by atoms with Gasteiger partial charge >= 0.3 is 0 Å². The van der Waals surface area contributed by atoms with E-state index >= 15 is 0 Å². The summed E-state index contributed by atoms with van der Waals surface area (Å²) < 4.78 is 0. The average molecular weight is 310 g/mol. The molecule has 1 aliphatic rings. The molecule has 1 unspecified atom stereocenters. The summed E-state index contributed by atoms with van der Waals surface area (Å²) >= 11 is 0. The van der Waals surface area contributed by atoms with Crippen molar-refractivity contribution >= 4 is 17.3 Å². The van der Waals surface area contributed by atoms with Crippen LogP contribution >= 0.6 is 0 Å². The normalized spacial score (nSPS) is 23.3. The number of hydrogen-bond donors (Lipinski definition) is 2. The number of anilines is 2. The fourth-order valence-corrected chi connectivity index (χ4v) is 3.46. The summed E-state index contributed by atoms with van der Waals surface area (Å²) in [4.78, 5) is 13.9. The molecule has 0 saturated heterocycles. The van der Waals surface area contributed by atoms with Crippen molar-refractivity contribution in [3.8, 4) is 0 Å². The molecule has 1 aliphatic heterocycles. The van der Waals surface area contributed by atoms with Crippen molar-refractivity contribution in [3.63, 3.8) is 0 Å². The van der Waals surface area contributed by atoms with Gasteiger partial charge in [-0.15, -0.1) is 0 Å². The number of benzene rings is 2. The third-order valence-corrected chi connectivity index (χ3v) is 4.62. The number of nitrogens with one attached hydrogen (secondary N) is 1. The molecule has 3 atom stereocenters. The van der Waals surface area contributed by atoms with Crippen LogP contribution in [0.1, 0.15) is 25.5 Å². The SMILES string of the molecule is CC(=O)N1c2ccccc2C(Nc2ccccc2)[C@@H](C)[C@@H]1CO. The standard InChI is InChI=1S/C19H22N2O2/c1-13-18(12-22)21(14(2)23)17-11-7-6-10-16(17)19(13)20-15-8-4-3-5-9-15/h3-11,13,18-20,22H,12H2,1-2H3/t13-,18-,19?/m0/s1. The summed E-state index contributed by atoms with van der Waals surface area (Å²) in [6.07, 6.45) is 0. The van der Waals surface area contributed by atoms with Crippen molar-refractivity contribution in [1.29, 1.82) is 0 Å². The van der Waals surface area contributed by atoms with Gasteiger partial charge in [0.15, 0.2) is 0 Å². The van der Waals surface area contributed by atoms with Crippen molar-refractivity contribution in [2.24, 2.45) is 5.92 Å². The van der Waals surface area contributed by atoms with Gasteiger partial charge in [0.1, 0.15) is 0 Å². The summed E-state index contributed by atoms with van der Waals surface area (Å²) in [5.41, 5.74) is 3.00. The summed E-state index contributed by atoms with van der Waals surface area (Å²) in [6, 6.07) is 17.8. The van der Waals surface area contributed by atoms with Crippen molar-refractivity contribution in [1.82, 2.24) is 0 Å². The topological polar surface area (TPSA) is 52.6 Å². The number of amides is 1. The third-order valence-electron chi connectivity index (χ3n) is 4.62. The van der Waals surface area contributed by atoms with Crippen LogP contribution in [0.4, 0.5) is 11.4 Å². The van der Waals surface area contributed by atoms with E-state index in [1.807, 2.05) is 48.5 Å². The van der Waals surface area contributed by atoms with E-state index in [1.165, 1.54) is 0 Å². The Kier molecular flexibility index (Phi) is 4.35.